The molecule has 33 heavy (non-hydrogen) atoms. The van der Waals surface area contributed by atoms with Crippen molar-refractivity contribution in [3.05, 3.63) is 81.3 Å². The maximum Gasteiger partial charge on any atom is 0.359 e. The second-order valence-corrected chi connectivity index (χ2v) is 7.68. The average Bonchev–Trinajstić information content (AvgIpc) is 3.24. The van der Waals surface area contributed by atoms with Crippen LogP contribution in [0.15, 0.2) is 58.7 Å². The predicted octanol–water partition coefficient (Wildman–Crippen LogP) is 4.02. The zero-order valence-corrected chi connectivity index (χ0v) is 18.4. The van der Waals surface area contributed by atoms with E-state index >= 15 is 0 Å². The number of halogens is 1. The van der Waals surface area contributed by atoms with Crippen molar-refractivity contribution in [1.82, 2.24) is 9.78 Å². The summed E-state index contributed by atoms with van der Waals surface area (Å²) in [5, 5.41) is 9.06. The van der Waals surface area contributed by atoms with E-state index in [0.29, 0.717) is 11.3 Å². The van der Waals surface area contributed by atoms with E-state index < -0.39 is 23.3 Å². The molecule has 0 atom stereocenters. The highest BCUT2D eigenvalue weighted by molar-refractivity contribution is 7.16. The molecule has 0 saturated carbocycles. The monoisotopic (exact) mass is 467 g/mol. The number of nitrogens with one attached hydrogen (secondary N) is 1. The van der Waals surface area contributed by atoms with Crippen molar-refractivity contribution in [1.29, 1.82) is 0 Å². The van der Waals surface area contributed by atoms with Gasteiger partial charge in [-0.25, -0.2) is 9.18 Å². The molecule has 0 radical (unpaired) electrons. The van der Waals surface area contributed by atoms with Gasteiger partial charge in [0.1, 0.15) is 16.6 Å². The number of aromatic nitrogens is 2. The molecule has 0 spiro atoms. The zero-order chi connectivity index (χ0) is 23.5. The SMILES string of the molecule is CCOC(=O)c1nn(-c2ccc(F)cc2)c(=O)c2c(NC(=O)c3cccc(OC)c3)scc12. The molecule has 2 heterocycles. The van der Waals surface area contributed by atoms with Crippen LogP contribution in [0.1, 0.15) is 27.8 Å². The van der Waals surface area contributed by atoms with Crippen molar-refractivity contribution in [3.63, 3.8) is 0 Å². The van der Waals surface area contributed by atoms with E-state index in [2.05, 4.69) is 10.4 Å². The fourth-order valence-electron chi connectivity index (χ4n) is 3.19. The summed E-state index contributed by atoms with van der Waals surface area (Å²) in [5.41, 5.74) is -0.0830. The molecule has 0 aliphatic rings. The smallest absolute Gasteiger partial charge is 0.359 e. The summed E-state index contributed by atoms with van der Waals surface area (Å²) in [6.07, 6.45) is 0. The van der Waals surface area contributed by atoms with Crippen LogP contribution in [0.25, 0.3) is 16.5 Å². The number of methoxy groups -OCH3 is 1. The largest absolute Gasteiger partial charge is 0.497 e. The number of benzene rings is 2. The number of rotatable bonds is 6. The lowest BCUT2D eigenvalue weighted by molar-refractivity contribution is 0.0520. The molecular weight excluding hydrogens is 449 g/mol. The molecule has 0 aliphatic heterocycles. The summed E-state index contributed by atoms with van der Waals surface area (Å²) in [5.74, 6) is -1.16. The van der Waals surface area contributed by atoms with Crippen LogP contribution in [0.5, 0.6) is 5.75 Å². The maximum absolute atomic E-state index is 13.4. The molecule has 4 rings (SSSR count). The first-order valence-corrected chi connectivity index (χ1v) is 10.7. The number of hydrogen-bond acceptors (Lipinski definition) is 7. The van der Waals surface area contributed by atoms with Crippen molar-refractivity contribution in [2.75, 3.05) is 19.0 Å². The van der Waals surface area contributed by atoms with Crippen LogP contribution in [0.4, 0.5) is 9.39 Å². The third-order valence-electron chi connectivity index (χ3n) is 4.75. The van der Waals surface area contributed by atoms with Gasteiger partial charge in [-0.05, 0) is 49.4 Å². The van der Waals surface area contributed by atoms with Crippen molar-refractivity contribution >= 4 is 39.0 Å². The van der Waals surface area contributed by atoms with Gasteiger partial charge in [0.25, 0.3) is 11.5 Å². The predicted molar refractivity (Wildman–Crippen MR) is 122 cm³/mol. The number of nitrogens with zero attached hydrogens (tertiary/aromatic N) is 2. The number of hydrogen-bond donors (Lipinski definition) is 1. The number of anilines is 1. The van der Waals surface area contributed by atoms with Gasteiger partial charge in [0, 0.05) is 16.3 Å². The number of fused-ring (bicyclic) bond motifs is 1. The standard InChI is InChI=1S/C23H18FN3O5S/c1-3-32-23(30)19-17-12-33-21(25-20(28)13-5-4-6-16(11-13)31-2)18(17)22(29)27(26-19)15-9-7-14(24)8-10-15/h4-12H,3H2,1-2H3,(H,25,28). The Labute approximate surface area is 191 Å². The Bertz CT molecular complexity index is 1410. The summed E-state index contributed by atoms with van der Waals surface area (Å²) >= 11 is 1.08. The van der Waals surface area contributed by atoms with Crippen LogP contribution < -0.4 is 15.6 Å². The van der Waals surface area contributed by atoms with Gasteiger partial charge in [0.05, 0.1) is 24.8 Å². The first kappa shape index (κ1) is 22.2. The topological polar surface area (TPSA) is 99.5 Å². The molecule has 8 nitrogen and oxygen atoms in total. The Balaban J connectivity index is 1.86. The van der Waals surface area contributed by atoms with Crippen LogP contribution in [0.2, 0.25) is 0 Å². The van der Waals surface area contributed by atoms with Gasteiger partial charge in [0.2, 0.25) is 0 Å². The number of amides is 1. The summed E-state index contributed by atoms with van der Waals surface area (Å²) in [4.78, 5) is 38.7. The number of ether oxygens (including phenoxy) is 2. The minimum Gasteiger partial charge on any atom is -0.497 e. The third-order valence-corrected chi connectivity index (χ3v) is 5.65. The first-order valence-electron chi connectivity index (χ1n) is 9.86. The summed E-state index contributed by atoms with van der Waals surface area (Å²) in [6, 6.07) is 11.6. The normalized spacial score (nSPS) is 10.8. The highest BCUT2D eigenvalue weighted by Gasteiger charge is 2.23. The molecule has 168 valence electrons. The average molecular weight is 467 g/mol. The fourth-order valence-corrected chi connectivity index (χ4v) is 4.12. The Morgan fingerprint density at radius 3 is 2.64 bits per heavy atom. The molecule has 10 heteroatoms. The molecule has 1 amide bonds. The first-order chi connectivity index (χ1) is 15.9. The van der Waals surface area contributed by atoms with Crippen molar-refractivity contribution in [3.8, 4) is 11.4 Å². The Kier molecular flexibility index (Phi) is 6.18. The molecule has 0 fully saturated rings. The molecule has 2 aromatic heterocycles. The van der Waals surface area contributed by atoms with Gasteiger partial charge in [0.15, 0.2) is 5.69 Å². The fraction of sp³-hybridized carbons (Fsp3) is 0.130. The zero-order valence-electron chi connectivity index (χ0n) is 17.6. The highest BCUT2D eigenvalue weighted by Crippen LogP contribution is 2.31. The molecule has 0 bridgehead atoms. The lowest BCUT2D eigenvalue weighted by Crippen LogP contribution is -2.25. The van der Waals surface area contributed by atoms with Crippen LogP contribution in [0.3, 0.4) is 0 Å². The Hall–Kier alpha value is -4.05. The van der Waals surface area contributed by atoms with E-state index in [1.54, 1.807) is 36.6 Å². The molecule has 4 aromatic rings. The number of carbonyl (C=O) groups excluding carboxylic acids is 2. The van der Waals surface area contributed by atoms with Gasteiger partial charge in [-0.15, -0.1) is 11.3 Å². The van der Waals surface area contributed by atoms with E-state index in [1.807, 2.05) is 0 Å². The summed E-state index contributed by atoms with van der Waals surface area (Å²) in [7, 11) is 1.49. The van der Waals surface area contributed by atoms with Gasteiger partial charge >= 0.3 is 5.97 Å². The van der Waals surface area contributed by atoms with E-state index in [-0.39, 0.29) is 33.8 Å². The number of thiophene rings is 1. The lowest BCUT2D eigenvalue weighted by atomic mass is 10.2. The van der Waals surface area contributed by atoms with E-state index in [4.69, 9.17) is 9.47 Å². The summed E-state index contributed by atoms with van der Waals surface area (Å²) in [6.45, 7) is 1.76. The minimum atomic E-state index is -0.721. The van der Waals surface area contributed by atoms with Gasteiger partial charge in [-0.3, -0.25) is 9.59 Å². The lowest BCUT2D eigenvalue weighted by Gasteiger charge is -2.10. The highest BCUT2D eigenvalue weighted by atomic mass is 32.1. The van der Waals surface area contributed by atoms with E-state index in [0.717, 1.165) is 16.0 Å². The minimum absolute atomic E-state index is 0.0890. The summed E-state index contributed by atoms with van der Waals surface area (Å²) < 4.78 is 24.6. The van der Waals surface area contributed by atoms with E-state index in [1.165, 1.54) is 31.4 Å². The number of carbonyl (C=O) groups is 2. The Morgan fingerprint density at radius 2 is 1.94 bits per heavy atom. The second kappa shape index (κ2) is 9.21. The van der Waals surface area contributed by atoms with Crippen molar-refractivity contribution < 1.29 is 23.5 Å². The molecular formula is C23H18FN3O5S. The van der Waals surface area contributed by atoms with Crippen LogP contribution >= 0.6 is 11.3 Å². The molecule has 0 unspecified atom stereocenters. The molecule has 0 saturated heterocycles. The number of esters is 1. The maximum atomic E-state index is 13.4. The van der Waals surface area contributed by atoms with Crippen LogP contribution in [-0.2, 0) is 4.74 Å². The van der Waals surface area contributed by atoms with Crippen molar-refractivity contribution in [2.45, 2.75) is 6.92 Å². The van der Waals surface area contributed by atoms with Gasteiger partial charge in [-0.1, -0.05) is 6.07 Å². The van der Waals surface area contributed by atoms with Crippen molar-refractivity contribution in [2.24, 2.45) is 0 Å². The van der Waals surface area contributed by atoms with Gasteiger partial charge in [-0.2, -0.15) is 9.78 Å². The van der Waals surface area contributed by atoms with Gasteiger partial charge < -0.3 is 14.8 Å². The molecule has 2 aromatic carbocycles. The molecule has 0 aliphatic carbocycles. The van der Waals surface area contributed by atoms with Crippen LogP contribution in [-0.4, -0.2) is 35.4 Å². The quantitative estimate of drug-likeness (QED) is 0.430. The second-order valence-electron chi connectivity index (χ2n) is 6.80. The Morgan fingerprint density at radius 1 is 1.18 bits per heavy atom. The third kappa shape index (κ3) is 4.33. The molecule has 1 N–H and O–H groups in total. The van der Waals surface area contributed by atoms with E-state index in [9.17, 15) is 18.8 Å². The van der Waals surface area contributed by atoms with Crippen LogP contribution in [0, 0.1) is 5.82 Å².